The van der Waals surface area contributed by atoms with Gasteiger partial charge in [-0.05, 0) is 56.4 Å². The van der Waals surface area contributed by atoms with Crippen LogP contribution in [-0.2, 0) is 20.5 Å². The van der Waals surface area contributed by atoms with Gasteiger partial charge >= 0.3 is 6.03 Å². The Labute approximate surface area is 298 Å². The molecule has 1 aliphatic carbocycles. The second kappa shape index (κ2) is 15.3. The third-order valence-electron chi connectivity index (χ3n) is 9.41. The van der Waals surface area contributed by atoms with Crippen LogP contribution in [0.25, 0.3) is 5.65 Å². The standard InChI is InChI=1S/C37H49N9O5/c1-36(2,3)29-22-30(41-32(40-29)33(47)38-16-18-45-17-9-20-50-21-19-45)42-35(48)39-27-13-14-28(26-11-8-7-10-25(26)27)51-24-12-15-31-43-44-34(46(31)23-24)37(4,5)49-6/h7-8,10-12,15,22-23,27-28H,9,13-14,16-21H2,1-6H3,(H,38,47)(H2,39,40,41,42,48). The van der Waals surface area contributed by atoms with Crippen molar-refractivity contribution in [2.45, 2.75) is 77.0 Å². The monoisotopic (exact) mass is 699 g/mol. The Morgan fingerprint density at radius 3 is 2.57 bits per heavy atom. The molecule has 0 bridgehead atoms. The number of hydrogen-bond donors (Lipinski definition) is 3. The summed E-state index contributed by atoms with van der Waals surface area (Å²) >= 11 is 0. The first kappa shape index (κ1) is 36.1. The van der Waals surface area contributed by atoms with E-state index in [1.807, 2.05) is 81.6 Å². The minimum absolute atomic E-state index is 0.0162. The predicted octanol–water partition coefficient (Wildman–Crippen LogP) is 4.93. The van der Waals surface area contributed by atoms with E-state index in [-0.39, 0.29) is 35.1 Å². The number of hydrogen-bond acceptors (Lipinski definition) is 10. The number of rotatable bonds is 10. The van der Waals surface area contributed by atoms with Crippen LogP contribution in [0.5, 0.6) is 5.75 Å². The minimum atomic E-state index is -0.633. The molecule has 0 radical (unpaired) electrons. The molecule has 2 atom stereocenters. The Bertz CT molecular complexity index is 1850. The molecule has 1 fully saturated rings. The van der Waals surface area contributed by atoms with E-state index in [1.54, 1.807) is 13.2 Å². The first-order valence-corrected chi connectivity index (χ1v) is 17.6. The zero-order valence-corrected chi connectivity index (χ0v) is 30.4. The van der Waals surface area contributed by atoms with E-state index in [0.717, 1.165) is 37.2 Å². The van der Waals surface area contributed by atoms with Crippen molar-refractivity contribution in [2.75, 3.05) is 51.8 Å². The quantitative estimate of drug-likeness (QED) is 0.208. The molecule has 1 saturated heterocycles. The van der Waals surface area contributed by atoms with Crippen LogP contribution in [0.3, 0.4) is 0 Å². The Hall–Kier alpha value is -4.66. The third kappa shape index (κ3) is 8.63. The van der Waals surface area contributed by atoms with Crippen LogP contribution in [0, 0.1) is 0 Å². The summed E-state index contributed by atoms with van der Waals surface area (Å²) in [7, 11) is 1.65. The molecule has 3 N–H and O–H groups in total. The van der Waals surface area contributed by atoms with Crippen molar-refractivity contribution < 1.29 is 23.8 Å². The first-order chi connectivity index (χ1) is 24.4. The molecule has 2 unspecified atom stereocenters. The summed E-state index contributed by atoms with van der Waals surface area (Å²) in [5.74, 6) is 1.24. The molecule has 3 aromatic heterocycles. The number of urea groups is 1. The fraction of sp³-hybridized carbons (Fsp3) is 0.514. The molecule has 6 rings (SSSR count). The predicted molar refractivity (Wildman–Crippen MR) is 192 cm³/mol. The summed E-state index contributed by atoms with van der Waals surface area (Å²) in [4.78, 5) is 37.9. The van der Waals surface area contributed by atoms with Crippen molar-refractivity contribution in [3.05, 3.63) is 77.1 Å². The maximum atomic E-state index is 13.5. The number of benzene rings is 1. The highest BCUT2D eigenvalue weighted by Gasteiger charge is 2.31. The van der Waals surface area contributed by atoms with Crippen molar-refractivity contribution in [3.8, 4) is 5.75 Å². The molecule has 1 aromatic carbocycles. The van der Waals surface area contributed by atoms with Crippen LogP contribution in [0.15, 0.2) is 48.7 Å². The number of nitrogens with zero attached hydrogens (tertiary/aromatic N) is 6. The SMILES string of the molecule is COC(C)(C)c1nnc2ccc(OC3CCC(NC(=O)Nc4cc(C(C)(C)C)nc(C(=O)NCCN5CCCOCC5)n4)c4ccccc43)cn12. The van der Waals surface area contributed by atoms with Crippen LogP contribution in [0.4, 0.5) is 10.6 Å². The zero-order valence-electron chi connectivity index (χ0n) is 30.4. The van der Waals surface area contributed by atoms with Gasteiger partial charge in [0.1, 0.15) is 23.3 Å². The second-order valence-corrected chi connectivity index (χ2v) is 14.6. The van der Waals surface area contributed by atoms with Gasteiger partial charge < -0.3 is 24.8 Å². The van der Waals surface area contributed by atoms with Crippen molar-refractivity contribution in [1.29, 1.82) is 0 Å². The molecular weight excluding hydrogens is 650 g/mol. The second-order valence-electron chi connectivity index (χ2n) is 14.6. The van der Waals surface area contributed by atoms with E-state index in [0.29, 0.717) is 55.5 Å². The Morgan fingerprint density at radius 2 is 1.78 bits per heavy atom. The van der Waals surface area contributed by atoms with Crippen molar-refractivity contribution in [1.82, 2.24) is 40.1 Å². The molecule has 14 heteroatoms. The molecule has 14 nitrogen and oxygen atoms in total. The van der Waals surface area contributed by atoms with Gasteiger partial charge in [-0.2, -0.15) is 0 Å². The lowest BCUT2D eigenvalue weighted by molar-refractivity contribution is 0.0106. The van der Waals surface area contributed by atoms with Crippen LogP contribution in [0.2, 0.25) is 0 Å². The lowest BCUT2D eigenvalue weighted by Gasteiger charge is -2.32. The van der Waals surface area contributed by atoms with Crippen molar-refractivity contribution >= 4 is 23.4 Å². The molecule has 2 aliphatic rings. The molecule has 0 spiro atoms. The van der Waals surface area contributed by atoms with Gasteiger partial charge in [-0.3, -0.25) is 19.4 Å². The fourth-order valence-corrected chi connectivity index (χ4v) is 6.37. The number of aromatic nitrogens is 5. The number of ether oxygens (including phenoxy) is 3. The maximum Gasteiger partial charge on any atom is 0.320 e. The van der Waals surface area contributed by atoms with E-state index in [4.69, 9.17) is 14.2 Å². The summed E-state index contributed by atoms with van der Waals surface area (Å²) < 4.78 is 19.6. The van der Waals surface area contributed by atoms with Crippen molar-refractivity contribution in [2.24, 2.45) is 0 Å². The number of methoxy groups -OCH3 is 1. The molecule has 0 saturated carbocycles. The lowest BCUT2D eigenvalue weighted by Crippen LogP contribution is -2.37. The Kier molecular flexibility index (Phi) is 10.8. The highest BCUT2D eigenvalue weighted by Crippen LogP contribution is 2.39. The number of anilines is 1. The zero-order chi connectivity index (χ0) is 36.2. The largest absolute Gasteiger partial charge is 0.484 e. The Morgan fingerprint density at radius 1 is 0.980 bits per heavy atom. The van der Waals surface area contributed by atoms with Gasteiger partial charge in [-0.1, -0.05) is 45.0 Å². The van der Waals surface area contributed by atoms with Crippen LogP contribution < -0.4 is 20.7 Å². The minimum Gasteiger partial charge on any atom is -0.484 e. The van der Waals surface area contributed by atoms with E-state index < -0.39 is 11.6 Å². The molecule has 4 heterocycles. The van der Waals surface area contributed by atoms with Gasteiger partial charge in [0.05, 0.1) is 24.5 Å². The van der Waals surface area contributed by atoms with Gasteiger partial charge in [0, 0.05) is 51.4 Å². The first-order valence-electron chi connectivity index (χ1n) is 17.6. The number of fused-ring (bicyclic) bond motifs is 2. The molecular formula is C37H49N9O5. The molecule has 4 aromatic rings. The summed E-state index contributed by atoms with van der Waals surface area (Å²) in [5.41, 5.74) is 2.31. The third-order valence-corrected chi connectivity index (χ3v) is 9.41. The van der Waals surface area contributed by atoms with Gasteiger partial charge in [-0.15, -0.1) is 10.2 Å². The van der Waals surface area contributed by atoms with Crippen molar-refractivity contribution in [3.63, 3.8) is 0 Å². The van der Waals surface area contributed by atoms with E-state index in [1.165, 1.54) is 0 Å². The van der Waals surface area contributed by atoms with Crippen LogP contribution in [-0.4, -0.2) is 87.9 Å². The molecule has 51 heavy (non-hydrogen) atoms. The van der Waals surface area contributed by atoms with Crippen LogP contribution >= 0.6 is 0 Å². The van der Waals surface area contributed by atoms with Gasteiger partial charge in [0.2, 0.25) is 5.82 Å². The molecule has 1 aliphatic heterocycles. The van der Waals surface area contributed by atoms with E-state index in [2.05, 4.69) is 41.0 Å². The lowest BCUT2D eigenvalue weighted by atomic mass is 9.85. The normalized spacial score (nSPS) is 18.5. The summed E-state index contributed by atoms with van der Waals surface area (Å²) in [6, 6.07) is 12.8. The highest BCUT2D eigenvalue weighted by molar-refractivity contribution is 5.92. The topological polar surface area (TPSA) is 157 Å². The molecule has 272 valence electrons. The summed E-state index contributed by atoms with van der Waals surface area (Å²) in [6.45, 7) is 14.3. The molecule has 3 amide bonds. The van der Waals surface area contributed by atoms with E-state index >= 15 is 0 Å². The summed E-state index contributed by atoms with van der Waals surface area (Å²) in [5, 5.41) is 17.6. The van der Waals surface area contributed by atoms with Gasteiger partial charge in [0.25, 0.3) is 5.91 Å². The smallest absolute Gasteiger partial charge is 0.320 e. The maximum absolute atomic E-state index is 13.5. The number of carbonyl (C=O) groups is 2. The summed E-state index contributed by atoms with van der Waals surface area (Å²) in [6.07, 6.45) is 3.97. The van der Waals surface area contributed by atoms with Gasteiger partial charge in [0.15, 0.2) is 11.5 Å². The van der Waals surface area contributed by atoms with Crippen LogP contribution in [0.1, 0.15) is 99.3 Å². The number of amides is 3. The number of pyridine rings is 1. The van der Waals surface area contributed by atoms with E-state index in [9.17, 15) is 9.59 Å². The Balaban J connectivity index is 1.13. The fourth-order valence-electron chi connectivity index (χ4n) is 6.37. The highest BCUT2D eigenvalue weighted by atomic mass is 16.5. The number of nitrogens with one attached hydrogen (secondary N) is 3. The average Bonchev–Trinajstić information content (AvgIpc) is 3.37. The number of carbonyl (C=O) groups excluding carboxylic acids is 2. The van der Waals surface area contributed by atoms with Gasteiger partial charge in [-0.25, -0.2) is 14.8 Å². The average molecular weight is 700 g/mol.